The first-order chi connectivity index (χ1) is 10.7. The summed E-state index contributed by atoms with van der Waals surface area (Å²) >= 11 is 0. The van der Waals surface area contributed by atoms with Crippen LogP contribution in [0.4, 0.5) is 5.82 Å². The first-order valence-corrected chi connectivity index (χ1v) is 6.90. The molecule has 0 aliphatic rings. The minimum Gasteiger partial charge on any atom is -0.496 e. The number of aryl methyl sites for hydroxylation is 1. The van der Waals surface area contributed by atoms with Crippen molar-refractivity contribution in [3.05, 3.63) is 41.7 Å². The van der Waals surface area contributed by atoms with E-state index in [1.165, 1.54) is 10.7 Å². The van der Waals surface area contributed by atoms with Crippen molar-refractivity contribution in [3.8, 4) is 22.9 Å². The van der Waals surface area contributed by atoms with Crippen LogP contribution in [0.3, 0.4) is 0 Å². The lowest BCUT2D eigenvalue weighted by atomic mass is 10.0. The normalized spacial score (nSPS) is 10.6. The lowest BCUT2D eigenvalue weighted by molar-refractivity contribution is 0.416. The second-order valence-corrected chi connectivity index (χ2v) is 4.78. The highest BCUT2D eigenvalue weighted by atomic mass is 16.5. The van der Waals surface area contributed by atoms with Gasteiger partial charge in [-0.2, -0.15) is 14.9 Å². The van der Waals surface area contributed by atoms with E-state index in [0.717, 1.165) is 29.0 Å². The van der Waals surface area contributed by atoms with E-state index >= 15 is 0 Å². The lowest BCUT2D eigenvalue weighted by Gasteiger charge is -2.08. The molecular formula is C16H15N5O. The zero-order valence-electron chi connectivity index (χ0n) is 12.4. The molecule has 2 aromatic heterocycles. The topological polar surface area (TPSA) is 89.2 Å². The minimum absolute atomic E-state index is 0.295. The van der Waals surface area contributed by atoms with Crippen molar-refractivity contribution in [2.75, 3.05) is 12.8 Å². The maximum atomic E-state index is 9.08. The smallest absolute Gasteiger partial charge is 0.165 e. The molecule has 0 bridgehead atoms. The molecular weight excluding hydrogens is 278 g/mol. The summed E-state index contributed by atoms with van der Waals surface area (Å²) < 4.78 is 6.97. The van der Waals surface area contributed by atoms with Crippen LogP contribution in [-0.4, -0.2) is 21.7 Å². The second kappa shape index (κ2) is 5.37. The number of aromatic nitrogens is 3. The number of benzene rings is 1. The molecule has 22 heavy (non-hydrogen) atoms. The number of fused-ring (bicyclic) bond motifs is 1. The van der Waals surface area contributed by atoms with Crippen molar-refractivity contribution < 1.29 is 4.74 Å². The maximum Gasteiger partial charge on any atom is 0.165 e. The van der Waals surface area contributed by atoms with E-state index in [1.54, 1.807) is 7.11 Å². The zero-order chi connectivity index (χ0) is 15.7. The molecule has 0 unspecified atom stereocenters. The molecule has 0 radical (unpaired) electrons. The quantitative estimate of drug-likeness (QED) is 0.801. The van der Waals surface area contributed by atoms with E-state index in [9.17, 15) is 0 Å². The highest BCUT2D eigenvalue weighted by Gasteiger charge is 2.20. The van der Waals surface area contributed by atoms with Gasteiger partial charge in [-0.1, -0.05) is 25.1 Å². The largest absolute Gasteiger partial charge is 0.496 e. The molecule has 2 heterocycles. The molecule has 0 saturated carbocycles. The van der Waals surface area contributed by atoms with Gasteiger partial charge >= 0.3 is 0 Å². The number of rotatable bonds is 3. The van der Waals surface area contributed by atoms with E-state index in [1.807, 2.05) is 37.3 Å². The van der Waals surface area contributed by atoms with Crippen molar-refractivity contribution >= 4 is 11.5 Å². The van der Waals surface area contributed by atoms with Crippen LogP contribution in [0.1, 0.15) is 18.2 Å². The maximum absolute atomic E-state index is 9.08. The Bertz CT molecular complexity index is 891. The summed E-state index contributed by atoms with van der Waals surface area (Å²) in [5.74, 6) is 1.04. The average Bonchev–Trinajstić information content (AvgIpc) is 2.94. The number of nitrogens with zero attached hydrogens (tertiary/aromatic N) is 4. The molecule has 0 saturated heterocycles. The van der Waals surface area contributed by atoms with Crippen molar-refractivity contribution in [1.82, 2.24) is 14.6 Å². The van der Waals surface area contributed by atoms with Gasteiger partial charge in [0, 0.05) is 5.56 Å². The summed E-state index contributed by atoms with van der Waals surface area (Å²) in [5, 5.41) is 13.6. The highest BCUT2D eigenvalue weighted by Crippen LogP contribution is 2.35. The van der Waals surface area contributed by atoms with Gasteiger partial charge in [0.05, 0.1) is 24.6 Å². The Morgan fingerprint density at radius 3 is 2.82 bits per heavy atom. The Kier molecular flexibility index (Phi) is 3.39. The molecule has 0 spiro atoms. The van der Waals surface area contributed by atoms with Crippen LogP contribution in [-0.2, 0) is 6.42 Å². The van der Waals surface area contributed by atoms with E-state index in [0.29, 0.717) is 17.0 Å². The fourth-order valence-electron chi connectivity index (χ4n) is 2.51. The van der Waals surface area contributed by atoms with Crippen LogP contribution < -0.4 is 10.5 Å². The number of anilines is 1. The van der Waals surface area contributed by atoms with Gasteiger partial charge in [-0.05, 0) is 12.5 Å². The minimum atomic E-state index is 0.295. The molecule has 2 N–H and O–H groups in total. The van der Waals surface area contributed by atoms with Gasteiger partial charge in [0.1, 0.15) is 23.2 Å². The number of nitriles is 1. The molecule has 0 atom stereocenters. The van der Waals surface area contributed by atoms with Gasteiger partial charge in [0.2, 0.25) is 0 Å². The summed E-state index contributed by atoms with van der Waals surface area (Å²) in [6.45, 7) is 2.02. The summed E-state index contributed by atoms with van der Waals surface area (Å²) in [6, 6.07) is 9.73. The molecule has 0 aliphatic heterocycles. The first-order valence-electron chi connectivity index (χ1n) is 6.90. The Morgan fingerprint density at radius 1 is 1.36 bits per heavy atom. The molecule has 3 rings (SSSR count). The predicted molar refractivity (Wildman–Crippen MR) is 83.5 cm³/mol. The molecule has 0 fully saturated rings. The molecule has 0 aliphatic carbocycles. The highest BCUT2D eigenvalue weighted by molar-refractivity contribution is 5.84. The van der Waals surface area contributed by atoms with Crippen molar-refractivity contribution in [3.63, 3.8) is 0 Å². The number of ether oxygens (including phenoxy) is 1. The van der Waals surface area contributed by atoms with E-state index in [-0.39, 0.29) is 0 Å². The van der Waals surface area contributed by atoms with Gasteiger partial charge in [0.15, 0.2) is 5.65 Å². The van der Waals surface area contributed by atoms with E-state index < -0.39 is 0 Å². The standard InChI is InChI=1S/C16H15N5O/c1-3-12-14(11-6-4-5-7-13(11)22-2)16-19-9-10(8-17)15(18)21(16)20-12/h4-7,9H,3,18H2,1-2H3. The monoisotopic (exact) mass is 293 g/mol. The van der Waals surface area contributed by atoms with E-state index in [2.05, 4.69) is 10.1 Å². The third kappa shape index (κ3) is 1.95. The summed E-state index contributed by atoms with van der Waals surface area (Å²) in [4.78, 5) is 4.38. The molecule has 3 aromatic rings. The van der Waals surface area contributed by atoms with Crippen LogP contribution in [0, 0.1) is 11.3 Å². The second-order valence-electron chi connectivity index (χ2n) is 4.78. The fourth-order valence-corrected chi connectivity index (χ4v) is 2.51. The third-order valence-electron chi connectivity index (χ3n) is 3.59. The van der Waals surface area contributed by atoms with Crippen LogP contribution in [0.25, 0.3) is 16.8 Å². The van der Waals surface area contributed by atoms with Gasteiger partial charge in [-0.15, -0.1) is 0 Å². The fraction of sp³-hybridized carbons (Fsp3) is 0.188. The summed E-state index contributed by atoms with van der Waals surface area (Å²) in [7, 11) is 1.63. The number of hydrogen-bond donors (Lipinski definition) is 1. The SMILES string of the molecule is CCc1nn2c(N)c(C#N)cnc2c1-c1ccccc1OC. The van der Waals surface area contributed by atoms with Crippen LogP contribution in [0.2, 0.25) is 0 Å². The molecule has 0 amide bonds. The number of methoxy groups -OCH3 is 1. The van der Waals surface area contributed by atoms with Crippen LogP contribution >= 0.6 is 0 Å². The van der Waals surface area contributed by atoms with Gasteiger partial charge in [-0.25, -0.2) is 4.98 Å². The lowest BCUT2D eigenvalue weighted by Crippen LogP contribution is -2.03. The van der Waals surface area contributed by atoms with Gasteiger partial charge < -0.3 is 10.5 Å². The molecule has 1 aromatic carbocycles. The van der Waals surface area contributed by atoms with Gasteiger partial charge in [-0.3, -0.25) is 0 Å². The Labute approximate surface area is 127 Å². The zero-order valence-corrected chi connectivity index (χ0v) is 12.4. The predicted octanol–water partition coefficient (Wildman–Crippen LogP) is 2.42. The Balaban J connectivity index is 2.39. The van der Waals surface area contributed by atoms with E-state index in [4.69, 9.17) is 15.7 Å². The Morgan fingerprint density at radius 2 is 2.14 bits per heavy atom. The Hall–Kier alpha value is -3.07. The first kappa shape index (κ1) is 13.9. The number of nitrogens with two attached hydrogens (primary N) is 1. The number of nitrogen functional groups attached to an aromatic ring is 1. The van der Waals surface area contributed by atoms with Crippen molar-refractivity contribution in [1.29, 1.82) is 5.26 Å². The molecule has 6 nitrogen and oxygen atoms in total. The van der Waals surface area contributed by atoms with Crippen LogP contribution in [0.5, 0.6) is 5.75 Å². The molecule has 110 valence electrons. The summed E-state index contributed by atoms with van der Waals surface area (Å²) in [6.07, 6.45) is 2.20. The molecule has 6 heteroatoms. The van der Waals surface area contributed by atoms with Gasteiger partial charge in [0.25, 0.3) is 0 Å². The van der Waals surface area contributed by atoms with Crippen LogP contribution in [0.15, 0.2) is 30.5 Å². The number of para-hydroxylation sites is 1. The third-order valence-corrected chi connectivity index (χ3v) is 3.59. The van der Waals surface area contributed by atoms with Crippen molar-refractivity contribution in [2.24, 2.45) is 0 Å². The number of hydrogen-bond acceptors (Lipinski definition) is 5. The average molecular weight is 293 g/mol. The summed E-state index contributed by atoms with van der Waals surface area (Å²) in [5.41, 5.74) is 9.61. The van der Waals surface area contributed by atoms with Crippen molar-refractivity contribution in [2.45, 2.75) is 13.3 Å².